The molecule has 0 aliphatic heterocycles. The fraction of sp³-hybridized carbons (Fsp3) is 0.0667. The molecule has 3 rings (SSSR count). The molecule has 1 radical (unpaired) electrons. The quantitative estimate of drug-likeness (QED) is 0.690. The standard InChI is InChI=1S/C15H8F4N3S/c16-13-12(9-3-2-6-20-8-9)22-14(23-13)21-11-5-1-4-10(7-11)15(17,18)19/h1-3,5-8H,(H,21,22). The maximum absolute atomic E-state index is 14.0. The fourth-order valence-electron chi connectivity index (χ4n) is 1.87. The zero-order valence-electron chi connectivity index (χ0n) is 11.4. The Bertz CT molecular complexity index is 815. The summed E-state index contributed by atoms with van der Waals surface area (Å²) in [6, 6.07) is 8.85. The topological polar surface area (TPSA) is 37.8 Å². The Kier molecular flexibility index (Phi) is 3.99. The Balaban J connectivity index is 1.87. The smallest absolute Gasteiger partial charge is 0.331 e. The van der Waals surface area contributed by atoms with Gasteiger partial charge in [-0.1, -0.05) is 17.4 Å². The summed E-state index contributed by atoms with van der Waals surface area (Å²) in [5.41, 5.74) is -0.162. The maximum Gasteiger partial charge on any atom is 0.417 e. The molecular formula is C15H8F4N3S. The van der Waals surface area contributed by atoms with E-state index in [1.54, 1.807) is 18.3 Å². The predicted octanol–water partition coefficient (Wildman–Crippen LogP) is 4.91. The van der Waals surface area contributed by atoms with Crippen LogP contribution in [0.25, 0.3) is 11.3 Å². The van der Waals surface area contributed by atoms with Crippen molar-refractivity contribution in [3.63, 3.8) is 0 Å². The summed E-state index contributed by atoms with van der Waals surface area (Å²) in [5, 5.41) is 2.29. The predicted molar refractivity (Wildman–Crippen MR) is 78.9 cm³/mol. The van der Waals surface area contributed by atoms with Crippen LogP contribution in [0.5, 0.6) is 0 Å². The van der Waals surface area contributed by atoms with Crippen LogP contribution in [-0.4, -0.2) is 9.97 Å². The second kappa shape index (κ2) is 5.96. The van der Waals surface area contributed by atoms with Gasteiger partial charge in [0, 0.05) is 23.6 Å². The lowest BCUT2D eigenvalue weighted by Crippen LogP contribution is -2.05. The third-order valence-corrected chi connectivity index (χ3v) is 3.64. The number of halogens is 4. The van der Waals surface area contributed by atoms with E-state index >= 15 is 0 Å². The minimum absolute atomic E-state index is 0.101. The van der Waals surface area contributed by atoms with Crippen molar-refractivity contribution >= 4 is 22.2 Å². The van der Waals surface area contributed by atoms with Crippen LogP contribution in [-0.2, 0) is 6.18 Å². The molecule has 0 saturated carbocycles. The van der Waals surface area contributed by atoms with Crippen molar-refractivity contribution in [1.82, 2.24) is 9.97 Å². The van der Waals surface area contributed by atoms with Gasteiger partial charge in [-0.3, -0.25) is 4.98 Å². The number of nitrogens with zero attached hydrogens (tertiary/aromatic N) is 2. The van der Waals surface area contributed by atoms with Crippen LogP contribution in [0.15, 0.2) is 42.7 Å². The molecule has 0 spiro atoms. The third-order valence-electron chi connectivity index (χ3n) is 2.88. The van der Waals surface area contributed by atoms with Crippen LogP contribution < -0.4 is 5.32 Å². The Morgan fingerprint density at radius 2 is 2.04 bits per heavy atom. The summed E-state index contributed by atoms with van der Waals surface area (Å²) >= 11 is 0.709. The summed E-state index contributed by atoms with van der Waals surface area (Å²) < 4.78 is 51.9. The van der Waals surface area contributed by atoms with Crippen molar-refractivity contribution in [3.8, 4) is 11.3 Å². The van der Waals surface area contributed by atoms with E-state index in [-0.39, 0.29) is 16.5 Å². The highest BCUT2D eigenvalue weighted by Crippen LogP contribution is 2.33. The first-order valence-corrected chi connectivity index (χ1v) is 7.18. The van der Waals surface area contributed by atoms with Gasteiger partial charge in [0.1, 0.15) is 5.69 Å². The van der Waals surface area contributed by atoms with Crippen LogP contribution >= 0.6 is 11.3 Å². The van der Waals surface area contributed by atoms with Gasteiger partial charge in [-0.05, 0) is 30.3 Å². The summed E-state index contributed by atoms with van der Waals surface area (Å²) in [7, 11) is 0. The number of hydrogen-bond donors (Lipinski definition) is 1. The largest absolute Gasteiger partial charge is 0.417 e. The minimum Gasteiger partial charge on any atom is -0.331 e. The lowest BCUT2D eigenvalue weighted by Gasteiger charge is -2.08. The normalized spacial score (nSPS) is 11.5. The molecule has 0 saturated heterocycles. The van der Waals surface area contributed by atoms with E-state index in [0.29, 0.717) is 16.9 Å². The van der Waals surface area contributed by atoms with E-state index in [9.17, 15) is 17.6 Å². The second-order valence-corrected chi connectivity index (χ2v) is 5.45. The van der Waals surface area contributed by atoms with Gasteiger partial charge in [0.2, 0.25) is 5.13 Å². The van der Waals surface area contributed by atoms with E-state index in [0.717, 1.165) is 12.1 Å². The highest BCUT2D eigenvalue weighted by molar-refractivity contribution is 7.14. The molecule has 117 valence electrons. The third kappa shape index (κ3) is 3.48. The minimum atomic E-state index is -4.49. The molecule has 0 bridgehead atoms. The molecular weight excluding hydrogens is 330 g/mol. The van der Waals surface area contributed by atoms with Crippen LogP contribution in [0.3, 0.4) is 0 Å². The zero-order valence-corrected chi connectivity index (χ0v) is 12.2. The van der Waals surface area contributed by atoms with E-state index in [4.69, 9.17) is 0 Å². The van der Waals surface area contributed by atoms with Gasteiger partial charge >= 0.3 is 6.18 Å². The van der Waals surface area contributed by atoms with Crippen LogP contribution in [0.2, 0.25) is 0 Å². The van der Waals surface area contributed by atoms with Crippen molar-refractivity contribution in [3.05, 3.63) is 59.5 Å². The lowest BCUT2D eigenvalue weighted by atomic mass is 10.2. The van der Waals surface area contributed by atoms with Crippen molar-refractivity contribution in [2.24, 2.45) is 0 Å². The first kappa shape index (κ1) is 15.4. The van der Waals surface area contributed by atoms with Crippen molar-refractivity contribution in [2.75, 3.05) is 5.32 Å². The molecule has 3 aromatic rings. The zero-order chi connectivity index (χ0) is 16.4. The van der Waals surface area contributed by atoms with Gasteiger partial charge < -0.3 is 5.32 Å². The maximum atomic E-state index is 14.0. The molecule has 0 unspecified atom stereocenters. The Morgan fingerprint density at radius 3 is 2.74 bits per heavy atom. The second-order valence-electron chi connectivity index (χ2n) is 4.50. The van der Waals surface area contributed by atoms with E-state index in [1.165, 1.54) is 12.3 Å². The average Bonchev–Trinajstić information content (AvgIpc) is 2.88. The average molecular weight is 338 g/mol. The van der Waals surface area contributed by atoms with Crippen LogP contribution in [0.1, 0.15) is 5.56 Å². The SMILES string of the molecule is Fc1sc(Nc2cc[c]c(C(F)(F)F)c2)nc1-c1cccnc1. The summed E-state index contributed by atoms with van der Waals surface area (Å²) in [6.45, 7) is 0. The van der Waals surface area contributed by atoms with E-state index in [1.807, 2.05) is 0 Å². The van der Waals surface area contributed by atoms with Crippen molar-refractivity contribution in [2.45, 2.75) is 6.18 Å². The molecule has 2 heterocycles. The van der Waals surface area contributed by atoms with E-state index in [2.05, 4.69) is 21.4 Å². The molecule has 0 aliphatic carbocycles. The Hall–Kier alpha value is -2.48. The van der Waals surface area contributed by atoms with Gasteiger partial charge in [0.15, 0.2) is 5.13 Å². The summed E-state index contributed by atoms with van der Waals surface area (Å²) in [6.07, 6.45) is -1.49. The molecule has 0 amide bonds. The summed E-state index contributed by atoms with van der Waals surface area (Å²) in [4.78, 5) is 7.95. The fourth-order valence-corrected chi connectivity index (χ4v) is 2.60. The number of rotatable bonds is 3. The molecule has 23 heavy (non-hydrogen) atoms. The molecule has 0 fully saturated rings. The number of thiazole rings is 1. The molecule has 8 heteroatoms. The number of anilines is 2. The molecule has 1 aromatic carbocycles. The number of hydrogen-bond acceptors (Lipinski definition) is 4. The lowest BCUT2D eigenvalue weighted by molar-refractivity contribution is -0.137. The van der Waals surface area contributed by atoms with Gasteiger partial charge in [-0.15, -0.1) is 0 Å². The number of aromatic nitrogens is 2. The van der Waals surface area contributed by atoms with Gasteiger partial charge in [-0.2, -0.15) is 17.6 Å². The van der Waals surface area contributed by atoms with Crippen molar-refractivity contribution < 1.29 is 17.6 Å². The monoisotopic (exact) mass is 338 g/mol. The highest BCUT2D eigenvalue weighted by atomic mass is 32.1. The van der Waals surface area contributed by atoms with Crippen molar-refractivity contribution in [1.29, 1.82) is 0 Å². The van der Waals surface area contributed by atoms with Crippen LogP contribution in [0, 0.1) is 11.2 Å². The molecule has 3 nitrogen and oxygen atoms in total. The number of nitrogens with one attached hydrogen (secondary N) is 1. The molecule has 0 aliphatic rings. The first-order chi connectivity index (χ1) is 10.9. The Morgan fingerprint density at radius 1 is 1.22 bits per heavy atom. The number of alkyl halides is 3. The van der Waals surface area contributed by atoms with E-state index < -0.39 is 16.9 Å². The van der Waals surface area contributed by atoms with Gasteiger partial charge in [0.05, 0.1) is 5.56 Å². The number of pyridine rings is 1. The summed E-state index contributed by atoms with van der Waals surface area (Å²) in [5.74, 6) is 0. The molecule has 2 aromatic heterocycles. The molecule has 0 atom stereocenters. The highest BCUT2D eigenvalue weighted by Gasteiger charge is 2.30. The Labute approximate surface area is 132 Å². The molecule has 1 N–H and O–H groups in total. The first-order valence-electron chi connectivity index (χ1n) is 6.36. The van der Waals surface area contributed by atoms with Gasteiger partial charge in [0.25, 0.3) is 0 Å². The van der Waals surface area contributed by atoms with Crippen LogP contribution in [0.4, 0.5) is 28.4 Å². The number of benzene rings is 1. The van der Waals surface area contributed by atoms with Gasteiger partial charge in [-0.25, -0.2) is 4.98 Å².